The number of amides is 2. The summed E-state index contributed by atoms with van der Waals surface area (Å²) in [6.45, 7) is 7.63. The standard InChI is InChI=1S/C23H35N3O3/c1-4-19-21(17(3)27)16(2)24-22(19)23(29)26-14-12-25(13-15-26)20(28)11-10-18-8-6-5-7-9-18/h18,24H,4-15H2,1-3H3. The zero-order valence-electron chi connectivity index (χ0n) is 18.2. The Bertz CT molecular complexity index is 754. The molecule has 2 aliphatic rings. The number of aryl methyl sites for hydroxylation is 1. The monoisotopic (exact) mass is 401 g/mol. The predicted molar refractivity (Wildman–Crippen MR) is 113 cm³/mol. The first-order chi connectivity index (χ1) is 13.9. The van der Waals surface area contributed by atoms with E-state index < -0.39 is 0 Å². The second kappa shape index (κ2) is 9.59. The van der Waals surface area contributed by atoms with E-state index in [-0.39, 0.29) is 17.6 Å². The lowest BCUT2D eigenvalue weighted by molar-refractivity contribution is -0.133. The number of hydrogen-bond donors (Lipinski definition) is 1. The van der Waals surface area contributed by atoms with Crippen LogP contribution >= 0.6 is 0 Å². The molecule has 0 aromatic carbocycles. The van der Waals surface area contributed by atoms with Gasteiger partial charge >= 0.3 is 0 Å². The van der Waals surface area contributed by atoms with Gasteiger partial charge in [-0.15, -0.1) is 0 Å². The molecule has 160 valence electrons. The van der Waals surface area contributed by atoms with Crippen LogP contribution in [-0.2, 0) is 11.2 Å². The van der Waals surface area contributed by atoms with E-state index in [2.05, 4.69) is 4.98 Å². The van der Waals surface area contributed by atoms with Crippen molar-refractivity contribution in [3.8, 4) is 0 Å². The first kappa shape index (κ1) is 21.6. The molecule has 6 nitrogen and oxygen atoms in total. The Balaban J connectivity index is 1.55. The van der Waals surface area contributed by atoms with E-state index in [4.69, 9.17) is 0 Å². The zero-order valence-corrected chi connectivity index (χ0v) is 18.2. The van der Waals surface area contributed by atoms with Crippen LogP contribution in [0.1, 0.15) is 90.9 Å². The van der Waals surface area contributed by atoms with Gasteiger partial charge in [-0.05, 0) is 38.2 Å². The minimum absolute atomic E-state index is 0.0111. The predicted octanol–water partition coefficient (Wildman–Crippen LogP) is 3.73. The van der Waals surface area contributed by atoms with Crippen LogP contribution in [-0.4, -0.2) is 58.6 Å². The number of nitrogens with one attached hydrogen (secondary N) is 1. The summed E-state index contributed by atoms with van der Waals surface area (Å²) in [5, 5.41) is 0. The minimum Gasteiger partial charge on any atom is -0.354 e. The number of piperazine rings is 1. The van der Waals surface area contributed by atoms with E-state index >= 15 is 0 Å². The number of aromatic amines is 1. The number of Topliss-reactive ketones (excluding diaryl/α,β-unsaturated/α-hetero) is 1. The van der Waals surface area contributed by atoms with Gasteiger partial charge in [0.25, 0.3) is 5.91 Å². The van der Waals surface area contributed by atoms with Gasteiger partial charge in [0.1, 0.15) is 5.69 Å². The van der Waals surface area contributed by atoms with Gasteiger partial charge in [0.15, 0.2) is 5.78 Å². The number of carbonyl (C=O) groups is 3. The Morgan fingerprint density at radius 2 is 1.62 bits per heavy atom. The molecule has 3 rings (SSSR count). The highest BCUT2D eigenvalue weighted by molar-refractivity contribution is 6.02. The molecule has 2 heterocycles. The molecular formula is C23H35N3O3. The Hall–Kier alpha value is -2.11. The molecule has 0 bridgehead atoms. The van der Waals surface area contributed by atoms with E-state index in [0.717, 1.165) is 23.6 Å². The molecule has 0 spiro atoms. The lowest BCUT2D eigenvalue weighted by atomic mass is 9.86. The molecule has 1 saturated carbocycles. The van der Waals surface area contributed by atoms with Crippen molar-refractivity contribution in [2.24, 2.45) is 5.92 Å². The van der Waals surface area contributed by atoms with Crippen LogP contribution < -0.4 is 0 Å². The summed E-state index contributed by atoms with van der Waals surface area (Å²) in [6.07, 6.45) is 8.78. The highest BCUT2D eigenvalue weighted by atomic mass is 16.2. The van der Waals surface area contributed by atoms with Gasteiger partial charge in [0, 0.05) is 43.9 Å². The van der Waals surface area contributed by atoms with Crippen LogP contribution in [0.15, 0.2) is 0 Å². The fourth-order valence-corrected chi connectivity index (χ4v) is 4.97. The molecule has 1 saturated heterocycles. The maximum absolute atomic E-state index is 13.1. The molecule has 2 fully saturated rings. The molecule has 1 aliphatic carbocycles. The number of H-pyrrole nitrogens is 1. The molecule has 1 N–H and O–H groups in total. The third kappa shape index (κ3) is 4.90. The number of hydrogen-bond acceptors (Lipinski definition) is 3. The van der Waals surface area contributed by atoms with Crippen LogP contribution in [0.2, 0.25) is 0 Å². The first-order valence-corrected chi connectivity index (χ1v) is 11.2. The van der Waals surface area contributed by atoms with Crippen molar-refractivity contribution in [1.82, 2.24) is 14.8 Å². The quantitative estimate of drug-likeness (QED) is 0.738. The molecule has 2 amide bonds. The van der Waals surface area contributed by atoms with Crippen LogP contribution in [0.3, 0.4) is 0 Å². The van der Waals surface area contributed by atoms with Crippen LogP contribution in [0.5, 0.6) is 0 Å². The van der Waals surface area contributed by atoms with Crippen molar-refractivity contribution in [2.45, 2.75) is 72.1 Å². The topological polar surface area (TPSA) is 73.5 Å². The normalized spacial score (nSPS) is 18.2. The molecule has 0 atom stereocenters. The van der Waals surface area contributed by atoms with E-state index in [9.17, 15) is 14.4 Å². The molecule has 6 heteroatoms. The first-order valence-electron chi connectivity index (χ1n) is 11.2. The summed E-state index contributed by atoms with van der Waals surface area (Å²) in [6, 6.07) is 0. The largest absolute Gasteiger partial charge is 0.354 e. The van der Waals surface area contributed by atoms with Crippen molar-refractivity contribution < 1.29 is 14.4 Å². The average Bonchev–Trinajstić information content (AvgIpc) is 3.08. The van der Waals surface area contributed by atoms with E-state index in [1.54, 1.807) is 11.8 Å². The van der Waals surface area contributed by atoms with Crippen molar-refractivity contribution in [3.63, 3.8) is 0 Å². The number of ketones is 1. The average molecular weight is 402 g/mol. The van der Waals surface area contributed by atoms with Crippen molar-refractivity contribution in [2.75, 3.05) is 26.2 Å². The highest BCUT2D eigenvalue weighted by Crippen LogP contribution is 2.27. The van der Waals surface area contributed by atoms with Gasteiger partial charge in [0.05, 0.1) is 0 Å². The van der Waals surface area contributed by atoms with E-state index in [1.807, 2.05) is 18.7 Å². The number of carbonyl (C=O) groups excluding carboxylic acids is 3. The van der Waals surface area contributed by atoms with Gasteiger partial charge in [-0.1, -0.05) is 39.0 Å². The van der Waals surface area contributed by atoms with Crippen LogP contribution in [0.25, 0.3) is 0 Å². The summed E-state index contributed by atoms with van der Waals surface area (Å²) in [5.74, 6) is 0.871. The van der Waals surface area contributed by atoms with Crippen LogP contribution in [0.4, 0.5) is 0 Å². The maximum Gasteiger partial charge on any atom is 0.270 e. The highest BCUT2D eigenvalue weighted by Gasteiger charge is 2.29. The molecule has 0 radical (unpaired) electrons. The van der Waals surface area contributed by atoms with Gasteiger partial charge < -0.3 is 14.8 Å². The second-order valence-corrected chi connectivity index (χ2v) is 8.60. The Labute approximate surface area is 174 Å². The maximum atomic E-state index is 13.1. The van der Waals surface area contributed by atoms with Crippen LogP contribution in [0, 0.1) is 12.8 Å². The van der Waals surface area contributed by atoms with Gasteiger partial charge in [-0.2, -0.15) is 0 Å². The van der Waals surface area contributed by atoms with Gasteiger partial charge in [-0.3, -0.25) is 14.4 Å². The van der Waals surface area contributed by atoms with Gasteiger partial charge in [-0.25, -0.2) is 0 Å². The lowest BCUT2D eigenvalue weighted by Gasteiger charge is -2.35. The molecular weight excluding hydrogens is 366 g/mol. The zero-order chi connectivity index (χ0) is 21.0. The third-order valence-electron chi connectivity index (χ3n) is 6.62. The molecule has 1 aliphatic heterocycles. The number of aromatic nitrogens is 1. The SMILES string of the molecule is CCc1c(C(=O)N2CCN(C(=O)CCC3CCCCC3)CC2)[nH]c(C)c1C(C)=O. The minimum atomic E-state index is -0.0632. The number of rotatable bonds is 6. The van der Waals surface area contributed by atoms with Crippen molar-refractivity contribution >= 4 is 17.6 Å². The Morgan fingerprint density at radius 3 is 2.21 bits per heavy atom. The summed E-state index contributed by atoms with van der Waals surface area (Å²) >= 11 is 0. The Kier molecular flexibility index (Phi) is 7.14. The molecule has 29 heavy (non-hydrogen) atoms. The third-order valence-corrected chi connectivity index (χ3v) is 6.62. The lowest BCUT2D eigenvalue weighted by Crippen LogP contribution is -2.50. The summed E-state index contributed by atoms with van der Waals surface area (Å²) < 4.78 is 0. The van der Waals surface area contributed by atoms with Crippen molar-refractivity contribution in [1.29, 1.82) is 0 Å². The fourth-order valence-electron chi connectivity index (χ4n) is 4.97. The van der Waals surface area contributed by atoms with E-state index in [1.165, 1.54) is 32.1 Å². The summed E-state index contributed by atoms with van der Waals surface area (Å²) in [7, 11) is 0. The molecule has 1 aromatic heterocycles. The summed E-state index contributed by atoms with van der Waals surface area (Å²) in [5.41, 5.74) is 2.75. The summed E-state index contributed by atoms with van der Waals surface area (Å²) in [4.78, 5) is 44.5. The smallest absolute Gasteiger partial charge is 0.270 e. The Morgan fingerprint density at radius 1 is 1.00 bits per heavy atom. The number of nitrogens with zero attached hydrogens (tertiary/aromatic N) is 2. The second-order valence-electron chi connectivity index (χ2n) is 8.60. The van der Waals surface area contributed by atoms with E-state index in [0.29, 0.717) is 50.3 Å². The van der Waals surface area contributed by atoms with Crippen molar-refractivity contribution in [3.05, 3.63) is 22.5 Å². The fraction of sp³-hybridized carbons (Fsp3) is 0.696. The molecule has 1 aromatic rings. The van der Waals surface area contributed by atoms with Gasteiger partial charge in [0.2, 0.25) is 5.91 Å². The molecule has 0 unspecified atom stereocenters.